The maximum Gasteiger partial charge on any atom is 0.276 e. The lowest BCUT2D eigenvalue weighted by Crippen LogP contribution is -2.40. The highest BCUT2D eigenvalue weighted by molar-refractivity contribution is 7.91. The van der Waals surface area contributed by atoms with Gasteiger partial charge in [0.25, 0.3) is 5.91 Å². The fourth-order valence-corrected chi connectivity index (χ4v) is 5.75. The molecule has 0 unspecified atom stereocenters. The molecule has 4 rings (SSSR count). The zero-order valence-corrected chi connectivity index (χ0v) is 19.5. The van der Waals surface area contributed by atoms with E-state index in [-0.39, 0.29) is 29.1 Å². The second-order valence-electron chi connectivity index (χ2n) is 8.54. The molecule has 0 spiro atoms. The molecular weight excluding hydrogens is 424 g/mol. The van der Waals surface area contributed by atoms with Crippen LogP contribution in [0.5, 0.6) is 0 Å². The van der Waals surface area contributed by atoms with E-state index < -0.39 is 9.84 Å². The molecule has 1 aliphatic rings. The van der Waals surface area contributed by atoms with E-state index in [0.29, 0.717) is 18.7 Å². The number of rotatable bonds is 6. The number of hydrogen-bond acceptors (Lipinski definition) is 5. The van der Waals surface area contributed by atoms with Crippen LogP contribution in [0.4, 0.5) is 0 Å². The summed E-state index contributed by atoms with van der Waals surface area (Å²) in [6.07, 6.45) is 1.37. The van der Waals surface area contributed by atoms with Crippen LogP contribution in [0.15, 0.2) is 53.1 Å². The number of amides is 1. The average Bonchev–Trinajstić information content (AvgIpc) is 3.40. The van der Waals surface area contributed by atoms with E-state index in [2.05, 4.69) is 12.1 Å². The van der Waals surface area contributed by atoms with Crippen molar-refractivity contribution in [2.75, 3.05) is 11.5 Å². The number of hydrogen-bond donors (Lipinski definition) is 0. The second-order valence-corrected chi connectivity index (χ2v) is 10.8. The van der Waals surface area contributed by atoms with E-state index in [1.54, 1.807) is 11.0 Å². The van der Waals surface area contributed by atoms with Crippen molar-refractivity contribution in [1.82, 2.24) is 10.1 Å². The fourth-order valence-electron chi connectivity index (χ4n) is 4.02. The lowest BCUT2D eigenvalue weighted by atomic mass is 10.0. The van der Waals surface area contributed by atoms with Gasteiger partial charge in [-0.05, 0) is 55.0 Å². The number of carbonyl (C=O) groups excluding carboxylic acids is 1. The molecule has 1 fully saturated rings. The third-order valence-electron chi connectivity index (χ3n) is 6.21. The molecule has 2 heterocycles. The number of carbonyl (C=O) groups is 1. The van der Waals surface area contributed by atoms with Crippen molar-refractivity contribution in [2.45, 2.75) is 46.2 Å². The highest BCUT2D eigenvalue weighted by Crippen LogP contribution is 2.26. The Morgan fingerprint density at radius 1 is 1.06 bits per heavy atom. The molecule has 1 saturated heterocycles. The van der Waals surface area contributed by atoms with Gasteiger partial charge < -0.3 is 9.42 Å². The Hall–Kier alpha value is -2.93. The van der Waals surface area contributed by atoms with Crippen LogP contribution in [0, 0.1) is 13.8 Å². The van der Waals surface area contributed by atoms with Gasteiger partial charge >= 0.3 is 0 Å². The van der Waals surface area contributed by atoms with Crippen molar-refractivity contribution in [3.63, 3.8) is 0 Å². The Labute approximate surface area is 189 Å². The third-order valence-corrected chi connectivity index (χ3v) is 7.97. The largest absolute Gasteiger partial charge is 0.355 e. The van der Waals surface area contributed by atoms with Crippen LogP contribution in [-0.4, -0.2) is 41.9 Å². The molecular formula is C25H28N2O4S. The Balaban J connectivity index is 1.62. The Kier molecular flexibility index (Phi) is 6.20. The van der Waals surface area contributed by atoms with Gasteiger partial charge in [-0.1, -0.05) is 48.5 Å². The lowest BCUT2D eigenvalue weighted by molar-refractivity contribution is 0.0670. The minimum atomic E-state index is -3.14. The predicted octanol–water partition coefficient (Wildman–Crippen LogP) is 4.35. The lowest BCUT2D eigenvalue weighted by Gasteiger charge is -2.27. The summed E-state index contributed by atoms with van der Waals surface area (Å²) in [5, 5.41) is 4.03. The molecule has 0 N–H and O–H groups in total. The first-order valence-electron chi connectivity index (χ1n) is 10.9. The number of aromatic nitrogens is 1. The number of aryl methyl sites for hydroxylation is 3. The molecule has 2 aromatic carbocycles. The Morgan fingerprint density at radius 2 is 1.78 bits per heavy atom. The summed E-state index contributed by atoms with van der Waals surface area (Å²) in [6.45, 7) is 6.48. The first kappa shape index (κ1) is 22.3. The Bertz CT molecular complexity index is 1230. The molecule has 1 aliphatic heterocycles. The van der Waals surface area contributed by atoms with Gasteiger partial charge in [0.05, 0.1) is 11.5 Å². The SMILES string of the molecule is CCc1ccc(CN(C(=O)c2cc(-c3ccc(C)c(C)c3)on2)[C@@H]2CCS(=O)(=O)C2)cc1. The maximum atomic E-state index is 13.4. The van der Waals surface area contributed by atoms with Crippen molar-refractivity contribution in [2.24, 2.45) is 0 Å². The summed E-state index contributed by atoms with van der Waals surface area (Å²) in [5.41, 5.74) is 5.51. The third kappa shape index (κ3) is 4.78. The maximum absolute atomic E-state index is 13.4. The van der Waals surface area contributed by atoms with E-state index >= 15 is 0 Å². The first-order chi connectivity index (χ1) is 15.3. The standard InChI is InChI=1S/C25H28N2O4S/c1-4-19-6-8-20(9-7-19)15-27(22-11-12-32(29,30)16-22)25(28)23-14-24(31-26-23)21-10-5-17(2)18(3)13-21/h5-10,13-14,22H,4,11-12,15-16H2,1-3H3/t22-/m1/s1. The average molecular weight is 453 g/mol. The van der Waals surface area contributed by atoms with Gasteiger partial charge in [0.1, 0.15) is 0 Å². The van der Waals surface area contributed by atoms with E-state index in [1.807, 2.05) is 56.3 Å². The second kappa shape index (κ2) is 8.90. The molecule has 0 bridgehead atoms. The van der Waals surface area contributed by atoms with Gasteiger partial charge in [-0.15, -0.1) is 0 Å². The summed E-state index contributed by atoms with van der Waals surface area (Å²) < 4.78 is 29.7. The zero-order chi connectivity index (χ0) is 22.9. The molecule has 168 valence electrons. The van der Waals surface area contributed by atoms with E-state index in [9.17, 15) is 13.2 Å². The van der Waals surface area contributed by atoms with Crippen molar-refractivity contribution in [1.29, 1.82) is 0 Å². The molecule has 32 heavy (non-hydrogen) atoms. The smallest absolute Gasteiger partial charge is 0.276 e. The van der Waals surface area contributed by atoms with E-state index in [0.717, 1.165) is 23.1 Å². The fraction of sp³-hybridized carbons (Fsp3) is 0.360. The number of benzene rings is 2. The quantitative estimate of drug-likeness (QED) is 0.555. The molecule has 6 nitrogen and oxygen atoms in total. The summed E-state index contributed by atoms with van der Waals surface area (Å²) >= 11 is 0. The molecule has 1 amide bonds. The van der Waals surface area contributed by atoms with Crippen LogP contribution in [0.2, 0.25) is 0 Å². The van der Waals surface area contributed by atoms with Gasteiger partial charge in [0.15, 0.2) is 21.3 Å². The Morgan fingerprint density at radius 3 is 2.41 bits per heavy atom. The number of sulfone groups is 1. The molecule has 3 aromatic rings. The number of nitrogens with zero attached hydrogens (tertiary/aromatic N) is 2. The van der Waals surface area contributed by atoms with Crippen LogP contribution in [0.1, 0.15) is 46.1 Å². The minimum Gasteiger partial charge on any atom is -0.355 e. The van der Waals surface area contributed by atoms with Crippen LogP contribution in [0.25, 0.3) is 11.3 Å². The normalized spacial score (nSPS) is 17.4. The van der Waals surface area contributed by atoms with Crippen molar-refractivity contribution < 1.29 is 17.7 Å². The summed E-state index contributed by atoms with van der Waals surface area (Å²) in [6, 6.07) is 15.3. The van der Waals surface area contributed by atoms with Gasteiger partial charge in [0, 0.05) is 24.2 Å². The topological polar surface area (TPSA) is 80.5 Å². The van der Waals surface area contributed by atoms with E-state index in [4.69, 9.17) is 4.52 Å². The summed E-state index contributed by atoms with van der Waals surface area (Å²) in [5.74, 6) is 0.282. The monoisotopic (exact) mass is 452 g/mol. The highest BCUT2D eigenvalue weighted by Gasteiger charge is 2.36. The van der Waals surface area contributed by atoms with Crippen molar-refractivity contribution in [3.05, 3.63) is 76.5 Å². The summed E-state index contributed by atoms with van der Waals surface area (Å²) in [7, 11) is -3.14. The van der Waals surface area contributed by atoms with Crippen molar-refractivity contribution in [3.8, 4) is 11.3 Å². The van der Waals surface area contributed by atoms with Crippen LogP contribution in [-0.2, 0) is 22.8 Å². The molecule has 0 saturated carbocycles. The van der Waals surface area contributed by atoms with Gasteiger partial charge in [-0.2, -0.15) is 0 Å². The molecule has 1 atom stereocenters. The minimum absolute atomic E-state index is 0.0202. The molecule has 0 aliphatic carbocycles. The predicted molar refractivity (Wildman–Crippen MR) is 124 cm³/mol. The molecule has 7 heteroatoms. The van der Waals surface area contributed by atoms with E-state index in [1.165, 1.54) is 11.1 Å². The molecule has 0 radical (unpaired) electrons. The van der Waals surface area contributed by atoms with Crippen LogP contribution in [0.3, 0.4) is 0 Å². The molecule has 1 aromatic heterocycles. The zero-order valence-electron chi connectivity index (χ0n) is 18.7. The van der Waals surface area contributed by atoms with Crippen LogP contribution < -0.4 is 0 Å². The highest BCUT2D eigenvalue weighted by atomic mass is 32.2. The van der Waals surface area contributed by atoms with Gasteiger partial charge in [-0.3, -0.25) is 4.79 Å². The van der Waals surface area contributed by atoms with Crippen molar-refractivity contribution >= 4 is 15.7 Å². The van der Waals surface area contributed by atoms with Gasteiger partial charge in [0.2, 0.25) is 0 Å². The van der Waals surface area contributed by atoms with Gasteiger partial charge in [-0.25, -0.2) is 8.42 Å². The first-order valence-corrected chi connectivity index (χ1v) is 12.7. The summed E-state index contributed by atoms with van der Waals surface area (Å²) in [4.78, 5) is 15.1. The van der Waals surface area contributed by atoms with Crippen LogP contribution >= 0.6 is 0 Å².